The number of aryl methyl sites for hydroxylation is 1. The normalized spacial score (nSPS) is 10.5. The summed E-state index contributed by atoms with van der Waals surface area (Å²) in [5.74, 6) is -0.228. The number of benzene rings is 1. The highest BCUT2D eigenvalue weighted by molar-refractivity contribution is 7.13. The second kappa shape index (κ2) is 5.25. The lowest BCUT2D eigenvalue weighted by atomic mass is 10.1. The van der Waals surface area contributed by atoms with Crippen LogP contribution in [-0.4, -0.2) is 4.98 Å². The van der Waals surface area contributed by atoms with E-state index in [9.17, 15) is 4.39 Å². The summed E-state index contributed by atoms with van der Waals surface area (Å²) < 4.78 is 13.6. The molecule has 1 aromatic heterocycles. The van der Waals surface area contributed by atoms with Crippen molar-refractivity contribution in [2.75, 3.05) is 5.32 Å². The molecule has 0 aliphatic carbocycles. The van der Waals surface area contributed by atoms with E-state index >= 15 is 0 Å². The predicted molar refractivity (Wildman–Crippen MR) is 68.5 cm³/mol. The van der Waals surface area contributed by atoms with Crippen LogP contribution in [-0.2, 0) is 13.1 Å². The quantitative estimate of drug-likeness (QED) is 0.878. The summed E-state index contributed by atoms with van der Waals surface area (Å²) in [5.41, 5.74) is 7.84. The highest BCUT2D eigenvalue weighted by Gasteiger charge is 2.04. The summed E-state index contributed by atoms with van der Waals surface area (Å²) in [6, 6.07) is 5.07. The number of halogens is 1. The summed E-state index contributed by atoms with van der Waals surface area (Å²) in [7, 11) is 0. The SMILES string of the molecule is Cc1csc(NCc2ccc(CN)cc2F)n1. The van der Waals surface area contributed by atoms with Crippen molar-refractivity contribution in [2.24, 2.45) is 5.73 Å². The maximum Gasteiger partial charge on any atom is 0.183 e. The van der Waals surface area contributed by atoms with Crippen LogP contribution in [0.15, 0.2) is 23.6 Å². The zero-order valence-electron chi connectivity index (χ0n) is 9.53. The van der Waals surface area contributed by atoms with Gasteiger partial charge in [0.15, 0.2) is 5.13 Å². The van der Waals surface area contributed by atoms with Crippen LogP contribution < -0.4 is 11.1 Å². The highest BCUT2D eigenvalue weighted by Crippen LogP contribution is 2.17. The Morgan fingerprint density at radius 2 is 2.29 bits per heavy atom. The molecule has 1 aromatic carbocycles. The number of rotatable bonds is 4. The lowest BCUT2D eigenvalue weighted by Gasteiger charge is -2.06. The Morgan fingerprint density at radius 3 is 2.88 bits per heavy atom. The Bertz CT molecular complexity index is 510. The third-order valence-corrected chi connectivity index (χ3v) is 3.32. The number of nitrogens with zero attached hydrogens (tertiary/aromatic N) is 1. The molecule has 0 atom stereocenters. The Labute approximate surface area is 103 Å². The first kappa shape index (κ1) is 12.0. The van der Waals surface area contributed by atoms with Gasteiger partial charge >= 0.3 is 0 Å². The van der Waals surface area contributed by atoms with Gasteiger partial charge in [0, 0.05) is 24.0 Å². The molecule has 3 N–H and O–H groups in total. The third kappa shape index (κ3) is 3.01. The number of anilines is 1. The minimum absolute atomic E-state index is 0.228. The van der Waals surface area contributed by atoms with Gasteiger partial charge in [-0.3, -0.25) is 0 Å². The van der Waals surface area contributed by atoms with Crippen LogP contribution in [0, 0.1) is 12.7 Å². The second-order valence-corrected chi connectivity index (χ2v) is 4.64. The Hall–Kier alpha value is -1.46. The van der Waals surface area contributed by atoms with Gasteiger partial charge in [-0.2, -0.15) is 0 Å². The van der Waals surface area contributed by atoms with Gasteiger partial charge in [0.2, 0.25) is 0 Å². The molecule has 0 spiro atoms. The van der Waals surface area contributed by atoms with E-state index < -0.39 is 0 Å². The van der Waals surface area contributed by atoms with E-state index in [4.69, 9.17) is 5.73 Å². The summed E-state index contributed by atoms with van der Waals surface area (Å²) in [6.45, 7) is 2.72. The molecule has 5 heteroatoms. The fraction of sp³-hybridized carbons (Fsp3) is 0.250. The topological polar surface area (TPSA) is 50.9 Å². The molecule has 1 heterocycles. The lowest BCUT2D eigenvalue weighted by molar-refractivity contribution is 0.610. The summed E-state index contributed by atoms with van der Waals surface area (Å²) in [5, 5.41) is 5.86. The number of hydrogen-bond acceptors (Lipinski definition) is 4. The summed E-state index contributed by atoms with van der Waals surface area (Å²) in [4.78, 5) is 4.25. The van der Waals surface area contributed by atoms with Crippen molar-refractivity contribution in [3.63, 3.8) is 0 Å². The molecule has 0 aliphatic heterocycles. The van der Waals surface area contributed by atoms with Crippen LogP contribution in [0.2, 0.25) is 0 Å². The molecule has 0 saturated heterocycles. The standard InChI is InChI=1S/C12H14FN3S/c1-8-7-17-12(16-8)15-6-10-3-2-9(5-14)4-11(10)13/h2-4,7H,5-6,14H2,1H3,(H,15,16). The molecule has 2 aromatic rings. The monoisotopic (exact) mass is 251 g/mol. The lowest BCUT2D eigenvalue weighted by Crippen LogP contribution is -2.03. The molecular formula is C12H14FN3S. The molecule has 3 nitrogen and oxygen atoms in total. The van der Waals surface area contributed by atoms with Gasteiger partial charge in [-0.25, -0.2) is 9.37 Å². The van der Waals surface area contributed by atoms with E-state index in [-0.39, 0.29) is 5.82 Å². The van der Waals surface area contributed by atoms with E-state index in [0.29, 0.717) is 18.7 Å². The molecule has 0 fully saturated rings. The highest BCUT2D eigenvalue weighted by atomic mass is 32.1. The van der Waals surface area contributed by atoms with Crippen molar-refractivity contribution in [1.82, 2.24) is 4.98 Å². The number of aromatic nitrogens is 1. The Balaban J connectivity index is 2.04. The van der Waals surface area contributed by atoms with E-state index in [1.165, 1.54) is 17.4 Å². The van der Waals surface area contributed by atoms with Crippen LogP contribution in [0.3, 0.4) is 0 Å². The first-order valence-electron chi connectivity index (χ1n) is 5.32. The molecule has 0 aliphatic rings. The van der Waals surface area contributed by atoms with Gasteiger partial charge in [0.05, 0.1) is 5.69 Å². The minimum atomic E-state index is -0.228. The van der Waals surface area contributed by atoms with Gasteiger partial charge in [0.25, 0.3) is 0 Å². The first-order chi connectivity index (χ1) is 8.19. The average Bonchev–Trinajstić information content (AvgIpc) is 2.73. The molecule has 0 bridgehead atoms. The molecule has 0 saturated carbocycles. The Kier molecular flexibility index (Phi) is 3.71. The number of nitrogens with one attached hydrogen (secondary N) is 1. The van der Waals surface area contributed by atoms with Crippen molar-refractivity contribution >= 4 is 16.5 Å². The molecule has 0 unspecified atom stereocenters. The molecule has 2 rings (SSSR count). The number of thiazole rings is 1. The molecule has 0 radical (unpaired) electrons. The first-order valence-corrected chi connectivity index (χ1v) is 6.20. The Morgan fingerprint density at radius 1 is 1.47 bits per heavy atom. The van der Waals surface area contributed by atoms with Crippen molar-refractivity contribution in [2.45, 2.75) is 20.0 Å². The van der Waals surface area contributed by atoms with E-state index in [1.54, 1.807) is 6.07 Å². The van der Waals surface area contributed by atoms with Crippen molar-refractivity contribution in [3.05, 3.63) is 46.2 Å². The molecule has 90 valence electrons. The molecule has 17 heavy (non-hydrogen) atoms. The van der Waals surface area contributed by atoms with Gasteiger partial charge in [0.1, 0.15) is 5.82 Å². The van der Waals surface area contributed by atoms with Crippen molar-refractivity contribution in [1.29, 1.82) is 0 Å². The second-order valence-electron chi connectivity index (χ2n) is 3.78. The third-order valence-electron chi connectivity index (χ3n) is 2.40. The zero-order chi connectivity index (χ0) is 12.3. The van der Waals surface area contributed by atoms with Crippen molar-refractivity contribution in [3.8, 4) is 0 Å². The van der Waals surface area contributed by atoms with Gasteiger partial charge < -0.3 is 11.1 Å². The van der Waals surface area contributed by atoms with Crippen LogP contribution in [0.5, 0.6) is 0 Å². The van der Waals surface area contributed by atoms with E-state index in [0.717, 1.165) is 16.4 Å². The summed E-state index contributed by atoms with van der Waals surface area (Å²) in [6.07, 6.45) is 0. The van der Waals surface area contributed by atoms with Gasteiger partial charge in [-0.1, -0.05) is 12.1 Å². The molecular weight excluding hydrogens is 237 g/mol. The fourth-order valence-electron chi connectivity index (χ4n) is 1.47. The van der Waals surface area contributed by atoms with Crippen LogP contribution in [0.25, 0.3) is 0 Å². The van der Waals surface area contributed by atoms with Crippen LogP contribution in [0.4, 0.5) is 9.52 Å². The van der Waals surface area contributed by atoms with Crippen LogP contribution >= 0.6 is 11.3 Å². The van der Waals surface area contributed by atoms with E-state index in [2.05, 4.69) is 10.3 Å². The van der Waals surface area contributed by atoms with Crippen LogP contribution in [0.1, 0.15) is 16.8 Å². The fourth-order valence-corrected chi connectivity index (χ4v) is 2.15. The summed E-state index contributed by atoms with van der Waals surface area (Å²) >= 11 is 1.52. The maximum atomic E-state index is 13.6. The average molecular weight is 251 g/mol. The number of hydrogen-bond donors (Lipinski definition) is 2. The van der Waals surface area contributed by atoms with Gasteiger partial charge in [-0.15, -0.1) is 11.3 Å². The molecule has 0 amide bonds. The maximum absolute atomic E-state index is 13.6. The van der Waals surface area contributed by atoms with Crippen molar-refractivity contribution < 1.29 is 4.39 Å². The zero-order valence-corrected chi connectivity index (χ0v) is 10.4. The van der Waals surface area contributed by atoms with Gasteiger partial charge in [-0.05, 0) is 18.6 Å². The minimum Gasteiger partial charge on any atom is -0.357 e. The number of nitrogens with two attached hydrogens (primary N) is 1. The van der Waals surface area contributed by atoms with E-state index in [1.807, 2.05) is 18.4 Å². The smallest absolute Gasteiger partial charge is 0.183 e. The predicted octanol–water partition coefficient (Wildman–Crippen LogP) is 2.66. The largest absolute Gasteiger partial charge is 0.357 e.